The highest BCUT2D eigenvalue weighted by molar-refractivity contribution is 5.87. The van der Waals surface area contributed by atoms with Crippen molar-refractivity contribution in [1.82, 2.24) is 0 Å². The molecule has 1 aromatic rings. The Morgan fingerprint density at radius 3 is 1.94 bits per heavy atom. The van der Waals surface area contributed by atoms with Crippen molar-refractivity contribution in [3.8, 4) is 0 Å². The SMILES string of the molecule is CC1(C)CC1(C(=O)O)c1c(F)cc(F)cc1F. The maximum atomic E-state index is 13.6. The fourth-order valence-corrected chi connectivity index (χ4v) is 2.47. The third kappa shape index (κ3) is 1.45. The van der Waals surface area contributed by atoms with E-state index < -0.39 is 39.8 Å². The predicted octanol–water partition coefficient (Wildman–Crippen LogP) is 2.86. The summed E-state index contributed by atoms with van der Waals surface area (Å²) in [6, 6.07) is 1.02. The Kier molecular flexibility index (Phi) is 2.28. The first-order valence-electron chi connectivity index (χ1n) is 5.11. The van der Waals surface area contributed by atoms with Crippen LogP contribution in [0.5, 0.6) is 0 Å². The summed E-state index contributed by atoms with van der Waals surface area (Å²) in [5.74, 6) is -4.62. The first kappa shape index (κ1) is 12.0. The Morgan fingerprint density at radius 1 is 1.24 bits per heavy atom. The average Bonchev–Trinajstić information content (AvgIpc) is 2.68. The zero-order chi connectivity index (χ0) is 13.0. The lowest BCUT2D eigenvalue weighted by Crippen LogP contribution is -2.28. The molecule has 1 unspecified atom stereocenters. The summed E-state index contributed by atoms with van der Waals surface area (Å²) in [4.78, 5) is 11.3. The fraction of sp³-hybridized carbons (Fsp3) is 0.417. The smallest absolute Gasteiger partial charge is 0.314 e. The van der Waals surface area contributed by atoms with Gasteiger partial charge in [0.15, 0.2) is 0 Å². The summed E-state index contributed by atoms with van der Waals surface area (Å²) in [7, 11) is 0. The van der Waals surface area contributed by atoms with Crippen molar-refractivity contribution >= 4 is 5.97 Å². The fourth-order valence-electron chi connectivity index (χ4n) is 2.47. The molecule has 1 saturated carbocycles. The number of hydrogen-bond donors (Lipinski definition) is 1. The van der Waals surface area contributed by atoms with Gasteiger partial charge in [-0.3, -0.25) is 4.79 Å². The standard InChI is InChI=1S/C12H11F3O2/c1-11(2)5-12(11,10(16)17)9-7(14)3-6(13)4-8(9)15/h3-4H,5H2,1-2H3,(H,16,17). The molecule has 0 aliphatic heterocycles. The molecule has 0 bridgehead atoms. The molecule has 1 N–H and O–H groups in total. The maximum Gasteiger partial charge on any atom is 0.314 e. The van der Waals surface area contributed by atoms with E-state index in [2.05, 4.69) is 0 Å². The van der Waals surface area contributed by atoms with Gasteiger partial charge < -0.3 is 5.11 Å². The molecule has 0 heterocycles. The summed E-state index contributed by atoms with van der Waals surface area (Å²) in [6.07, 6.45) is 0.134. The van der Waals surface area contributed by atoms with Crippen LogP contribution in [0.3, 0.4) is 0 Å². The zero-order valence-electron chi connectivity index (χ0n) is 9.35. The Morgan fingerprint density at radius 2 is 1.65 bits per heavy atom. The molecule has 0 saturated heterocycles. The molecular formula is C12H11F3O2. The summed E-state index contributed by atoms with van der Waals surface area (Å²) >= 11 is 0. The van der Waals surface area contributed by atoms with Gasteiger partial charge in [0.05, 0.1) is 0 Å². The third-order valence-electron chi connectivity index (χ3n) is 3.54. The number of benzene rings is 1. The van der Waals surface area contributed by atoms with E-state index in [1.54, 1.807) is 13.8 Å². The minimum Gasteiger partial charge on any atom is -0.481 e. The van der Waals surface area contributed by atoms with E-state index in [0.717, 1.165) is 0 Å². The molecule has 1 aliphatic rings. The minimum atomic E-state index is -1.59. The topological polar surface area (TPSA) is 37.3 Å². The molecule has 0 aromatic heterocycles. The monoisotopic (exact) mass is 244 g/mol. The lowest BCUT2D eigenvalue weighted by atomic mass is 9.87. The van der Waals surface area contributed by atoms with Crippen LogP contribution in [0.25, 0.3) is 0 Å². The quantitative estimate of drug-likeness (QED) is 0.868. The van der Waals surface area contributed by atoms with Gasteiger partial charge in [-0.05, 0) is 11.8 Å². The molecular weight excluding hydrogens is 233 g/mol. The number of carboxylic acid groups (broad SMARTS) is 1. The van der Waals surface area contributed by atoms with E-state index in [9.17, 15) is 23.1 Å². The number of halogens is 3. The van der Waals surface area contributed by atoms with E-state index in [1.165, 1.54) is 0 Å². The molecule has 1 fully saturated rings. The number of rotatable bonds is 2. The Hall–Kier alpha value is -1.52. The number of carboxylic acids is 1. The van der Waals surface area contributed by atoms with Crippen LogP contribution in [0.2, 0.25) is 0 Å². The first-order valence-corrected chi connectivity index (χ1v) is 5.11. The van der Waals surface area contributed by atoms with Crippen LogP contribution >= 0.6 is 0 Å². The molecule has 0 radical (unpaired) electrons. The van der Waals surface area contributed by atoms with Crippen molar-refractivity contribution in [3.05, 3.63) is 35.1 Å². The van der Waals surface area contributed by atoms with Crippen LogP contribution in [-0.2, 0) is 10.2 Å². The van der Waals surface area contributed by atoms with Crippen LogP contribution in [-0.4, -0.2) is 11.1 Å². The first-order chi connectivity index (χ1) is 7.72. The van der Waals surface area contributed by atoms with Crippen molar-refractivity contribution in [2.45, 2.75) is 25.7 Å². The molecule has 17 heavy (non-hydrogen) atoms. The second-order valence-electron chi connectivity index (χ2n) is 5.02. The molecule has 1 atom stereocenters. The third-order valence-corrected chi connectivity index (χ3v) is 3.54. The summed E-state index contributed by atoms with van der Waals surface area (Å²) in [6.45, 7) is 3.23. The van der Waals surface area contributed by atoms with Gasteiger partial charge in [-0.25, -0.2) is 13.2 Å². The number of aliphatic carboxylic acids is 1. The van der Waals surface area contributed by atoms with Crippen LogP contribution in [0.15, 0.2) is 12.1 Å². The second-order valence-corrected chi connectivity index (χ2v) is 5.02. The van der Waals surface area contributed by atoms with Crippen LogP contribution in [0, 0.1) is 22.9 Å². The van der Waals surface area contributed by atoms with Crippen LogP contribution in [0.4, 0.5) is 13.2 Å². The van der Waals surface area contributed by atoms with Crippen molar-refractivity contribution in [3.63, 3.8) is 0 Å². The van der Waals surface area contributed by atoms with Crippen molar-refractivity contribution in [1.29, 1.82) is 0 Å². The summed E-state index contributed by atoms with van der Waals surface area (Å²) < 4.78 is 40.0. The highest BCUT2D eigenvalue weighted by Gasteiger charge is 2.69. The van der Waals surface area contributed by atoms with E-state index >= 15 is 0 Å². The lowest BCUT2D eigenvalue weighted by Gasteiger charge is -2.17. The van der Waals surface area contributed by atoms with Gasteiger partial charge in [0.25, 0.3) is 0 Å². The normalized spacial score (nSPS) is 25.7. The van der Waals surface area contributed by atoms with Crippen molar-refractivity contribution < 1.29 is 23.1 Å². The lowest BCUT2D eigenvalue weighted by molar-refractivity contribution is -0.141. The van der Waals surface area contributed by atoms with Gasteiger partial charge in [0.2, 0.25) is 0 Å². The predicted molar refractivity (Wildman–Crippen MR) is 54.0 cm³/mol. The molecule has 92 valence electrons. The van der Waals surface area contributed by atoms with Crippen molar-refractivity contribution in [2.24, 2.45) is 5.41 Å². The minimum absolute atomic E-state index is 0.134. The Bertz CT molecular complexity index is 487. The average molecular weight is 244 g/mol. The summed E-state index contributed by atoms with van der Waals surface area (Å²) in [5.41, 5.74) is -2.87. The maximum absolute atomic E-state index is 13.6. The Balaban J connectivity index is 2.66. The molecule has 5 heteroatoms. The molecule has 0 spiro atoms. The van der Waals surface area contributed by atoms with Gasteiger partial charge in [-0.1, -0.05) is 13.8 Å². The van der Waals surface area contributed by atoms with Gasteiger partial charge >= 0.3 is 5.97 Å². The molecule has 1 aromatic carbocycles. The van der Waals surface area contributed by atoms with Crippen LogP contribution in [0.1, 0.15) is 25.8 Å². The van der Waals surface area contributed by atoms with Gasteiger partial charge in [0.1, 0.15) is 22.9 Å². The van der Waals surface area contributed by atoms with E-state index in [4.69, 9.17) is 0 Å². The number of hydrogen-bond acceptors (Lipinski definition) is 1. The summed E-state index contributed by atoms with van der Waals surface area (Å²) in [5, 5.41) is 9.18. The van der Waals surface area contributed by atoms with E-state index in [0.29, 0.717) is 12.1 Å². The van der Waals surface area contributed by atoms with Crippen LogP contribution < -0.4 is 0 Å². The molecule has 1 aliphatic carbocycles. The molecule has 2 rings (SSSR count). The number of carbonyl (C=O) groups is 1. The van der Waals surface area contributed by atoms with E-state index in [-0.39, 0.29) is 6.42 Å². The largest absolute Gasteiger partial charge is 0.481 e. The van der Waals surface area contributed by atoms with E-state index in [1.807, 2.05) is 0 Å². The highest BCUT2D eigenvalue weighted by Crippen LogP contribution is 2.65. The van der Waals surface area contributed by atoms with Gasteiger partial charge in [0, 0.05) is 17.7 Å². The van der Waals surface area contributed by atoms with Gasteiger partial charge in [-0.15, -0.1) is 0 Å². The second kappa shape index (κ2) is 3.24. The Labute approximate surface area is 96.1 Å². The molecule has 2 nitrogen and oxygen atoms in total. The zero-order valence-corrected chi connectivity index (χ0v) is 9.35. The highest BCUT2D eigenvalue weighted by atomic mass is 19.1. The van der Waals surface area contributed by atoms with Crippen molar-refractivity contribution in [2.75, 3.05) is 0 Å². The van der Waals surface area contributed by atoms with Gasteiger partial charge in [-0.2, -0.15) is 0 Å². The molecule has 0 amide bonds.